The highest BCUT2D eigenvalue weighted by Gasteiger charge is 2.20. The molecule has 31 heavy (non-hydrogen) atoms. The molecular formula is C22H23ClN4O3S. The van der Waals surface area contributed by atoms with E-state index < -0.39 is 0 Å². The van der Waals surface area contributed by atoms with Crippen LogP contribution < -0.4 is 11.1 Å². The van der Waals surface area contributed by atoms with Gasteiger partial charge in [-0.25, -0.2) is 9.97 Å². The van der Waals surface area contributed by atoms with E-state index in [4.69, 9.17) is 27.2 Å². The first-order valence-corrected chi connectivity index (χ1v) is 11.3. The largest absolute Gasteiger partial charge is 0.395 e. The second kappa shape index (κ2) is 9.40. The normalized spacial score (nSPS) is 13.9. The number of aromatic nitrogens is 2. The summed E-state index contributed by atoms with van der Waals surface area (Å²) < 4.78 is 5.67. The van der Waals surface area contributed by atoms with Gasteiger partial charge in [0.05, 0.1) is 30.5 Å². The highest BCUT2D eigenvalue weighted by atomic mass is 35.5. The van der Waals surface area contributed by atoms with Crippen molar-refractivity contribution >= 4 is 46.0 Å². The Morgan fingerprint density at radius 3 is 2.94 bits per heavy atom. The van der Waals surface area contributed by atoms with Gasteiger partial charge in [-0.2, -0.15) is 0 Å². The van der Waals surface area contributed by atoms with Crippen molar-refractivity contribution in [2.75, 3.05) is 24.6 Å². The summed E-state index contributed by atoms with van der Waals surface area (Å²) in [5.41, 5.74) is 9.66. The summed E-state index contributed by atoms with van der Waals surface area (Å²) in [5, 5.41) is 14.9. The van der Waals surface area contributed by atoms with Gasteiger partial charge in [0.1, 0.15) is 5.03 Å². The summed E-state index contributed by atoms with van der Waals surface area (Å²) in [6.07, 6.45) is 0. The zero-order valence-corrected chi connectivity index (χ0v) is 18.6. The van der Waals surface area contributed by atoms with E-state index in [0.29, 0.717) is 34.7 Å². The fourth-order valence-corrected chi connectivity index (χ4v) is 4.92. The highest BCUT2D eigenvalue weighted by Crippen LogP contribution is 2.40. The Kier molecular flexibility index (Phi) is 6.62. The number of anilines is 1. The average Bonchev–Trinajstić information content (AvgIpc) is 2.75. The number of halogens is 1. The predicted octanol–water partition coefficient (Wildman–Crippen LogP) is 3.40. The van der Waals surface area contributed by atoms with Gasteiger partial charge in [0, 0.05) is 23.8 Å². The molecule has 0 spiro atoms. The number of carbonyl (C=O) groups excluding carboxylic acids is 1. The van der Waals surface area contributed by atoms with E-state index in [1.54, 1.807) is 0 Å². The summed E-state index contributed by atoms with van der Waals surface area (Å²) in [4.78, 5) is 20.8. The SMILES string of the molecule is CC(CSc1cc(-c2c(Cl)cc3c4c(cccc24)COC3)nc(N)n1)C(=O)NCCO. The van der Waals surface area contributed by atoms with Crippen molar-refractivity contribution in [2.24, 2.45) is 5.92 Å². The molecule has 3 aromatic rings. The van der Waals surface area contributed by atoms with Crippen LogP contribution >= 0.6 is 23.4 Å². The number of nitrogens with zero attached hydrogens (tertiary/aromatic N) is 2. The van der Waals surface area contributed by atoms with Crippen LogP contribution in [0.25, 0.3) is 22.0 Å². The van der Waals surface area contributed by atoms with Crippen molar-refractivity contribution in [3.8, 4) is 11.3 Å². The minimum absolute atomic E-state index is 0.0846. The molecule has 0 fully saturated rings. The molecule has 0 saturated heterocycles. The lowest BCUT2D eigenvalue weighted by Gasteiger charge is -2.21. The van der Waals surface area contributed by atoms with Gasteiger partial charge in [0.15, 0.2) is 0 Å². The van der Waals surface area contributed by atoms with Crippen LogP contribution in [0.2, 0.25) is 5.02 Å². The molecule has 2 aromatic carbocycles. The van der Waals surface area contributed by atoms with E-state index in [1.165, 1.54) is 11.8 Å². The fourth-order valence-electron chi connectivity index (χ4n) is 3.66. The van der Waals surface area contributed by atoms with Crippen LogP contribution in [0, 0.1) is 5.92 Å². The topological polar surface area (TPSA) is 110 Å². The number of hydrogen-bond donors (Lipinski definition) is 3. The first kappa shape index (κ1) is 21.8. The lowest BCUT2D eigenvalue weighted by Crippen LogP contribution is -2.32. The molecule has 0 saturated carbocycles. The van der Waals surface area contributed by atoms with Crippen LogP contribution in [0.3, 0.4) is 0 Å². The van der Waals surface area contributed by atoms with Crippen LogP contribution in [-0.2, 0) is 22.7 Å². The van der Waals surface area contributed by atoms with E-state index in [2.05, 4.69) is 21.4 Å². The van der Waals surface area contributed by atoms with Crippen LogP contribution in [0.1, 0.15) is 18.1 Å². The number of nitrogens with two attached hydrogens (primary N) is 1. The molecule has 4 N–H and O–H groups in total. The minimum atomic E-state index is -0.250. The summed E-state index contributed by atoms with van der Waals surface area (Å²) >= 11 is 8.11. The molecule has 4 rings (SSSR count). The number of amides is 1. The predicted molar refractivity (Wildman–Crippen MR) is 123 cm³/mol. The number of carbonyl (C=O) groups is 1. The van der Waals surface area contributed by atoms with Crippen LogP contribution in [0.4, 0.5) is 5.95 Å². The van der Waals surface area contributed by atoms with E-state index in [1.807, 2.05) is 31.2 Å². The fraction of sp³-hybridized carbons (Fsp3) is 0.318. The number of hydrogen-bond acceptors (Lipinski definition) is 7. The Labute approximate surface area is 189 Å². The van der Waals surface area contributed by atoms with Crippen molar-refractivity contribution in [1.29, 1.82) is 0 Å². The summed E-state index contributed by atoms with van der Waals surface area (Å²) in [6, 6.07) is 9.87. The van der Waals surface area contributed by atoms with E-state index >= 15 is 0 Å². The minimum Gasteiger partial charge on any atom is -0.395 e. The van der Waals surface area contributed by atoms with Crippen LogP contribution in [0.15, 0.2) is 35.4 Å². The lowest BCUT2D eigenvalue weighted by atomic mass is 9.93. The van der Waals surface area contributed by atoms with E-state index in [-0.39, 0.29) is 30.9 Å². The molecule has 1 amide bonds. The van der Waals surface area contributed by atoms with Crippen molar-refractivity contribution in [3.05, 3.63) is 46.5 Å². The van der Waals surface area contributed by atoms with Gasteiger partial charge in [0.2, 0.25) is 11.9 Å². The molecule has 2 heterocycles. The molecule has 0 radical (unpaired) electrons. The molecule has 0 bridgehead atoms. The Morgan fingerprint density at radius 1 is 1.32 bits per heavy atom. The monoisotopic (exact) mass is 458 g/mol. The van der Waals surface area contributed by atoms with Gasteiger partial charge < -0.3 is 20.9 Å². The quantitative estimate of drug-likeness (QED) is 0.367. The number of benzene rings is 2. The third kappa shape index (κ3) is 4.62. The lowest BCUT2D eigenvalue weighted by molar-refractivity contribution is -0.123. The Morgan fingerprint density at radius 2 is 2.13 bits per heavy atom. The smallest absolute Gasteiger partial charge is 0.223 e. The molecule has 1 aliphatic heterocycles. The number of rotatable bonds is 7. The Bertz CT molecular complexity index is 1140. The Hall–Kier alpha value is -2.39. The first-order valence-electron chi connectivity index (χ1n) is 9.95. The van der Waals surface area contributed by atoms with Crippen molar-refractivity contribution in [2.45, 2.75) is 25.2 Å². The van der Waals surface area contributed by atoms with Crippen molar-refractivity contribution < 1.29 is 14.6 Å². The maximum atomic E-state index is 12.0. The zero-order chi connectivity index (χ0) is 22.0. The summed E-state index contributed by atoms with van der Waals surface area (Å²) in [5.74, 6) is 0.303. The summed E-state index contributed by atoms with van der Waals surface area (Å²) in [7, 11) is 0. The molecule has 1 aromatic heterocycles. The second-order valence-electron chi connectivity index (χ2n) is 7.40. The van der Waals surface area contributed by atoms with Gasteiger partial charge in [-0.05, 0) is 34.0 Å². The zero-order valence-electron chi connectivity index (χ0n) is 17.0. The number of nitrogen functional groups attached to an aromatic ring is 1. The van der Waals surface area contributed by atoms with E-state index in [0.717, 1.165) is 27.5 Å². The average molecular weight is 459 g/mol. The maximum Gasteiger partial charge on any atom is 0.223 e. The molecule has 1 aliphatic rings. The molecule has 9 heteroatoms. The summed E-state index contributed by atoms with van der Waals surface area (Å²) in [6.45, 7) is 3.08. The Balaban J connectivity index is 1.67. The van der Waals surface area contributed by atoms with Gasteiger partial charge in [-0.1, -0.05) is 36.7 Å². The van der Waals surface area contributed by atoms with Gasteiger partial charge in [-0.15, -0.1) is 11.8 Å². The van der Waals surface area contributed by atoms with Gasteiger partial charge in [-0.3, -0.25) is 4.79 Å². The number of nitrogens with one attached hydrogen (secondary N) is 1. The standard InChI is InChI=1S/C22H23ClN4O3S/c1-12(21(29)25-5-6-28)11-31-18-8-17(26-22(24)27-18)20-15-4-2-3-13-9-30-10-14(19(13)15)7-16(20)23/h2-4,7-8,12,28H,5-6,9-11H2,1H3,(H,25,29)(H2,24,26,27). The molecule has 1 unspecified atom stereocenters. The number of aliphatic hydroxyl groups is 1. The third-order valence-corrected chi connectivity index (χ3v) is 6.58. The first-order chi connectivity index (χ1) is 15.0. The van der Waals surface area contributed by atoms with E-state index in [9.17, 15) is 4.79 Å². The van der Waals surface area contributed by atoms with Crippen LogP contribution in [0.5, 0.6) is 0 Å². The van der Waals surface area contributed by atoms with Crippen LogP contribution in [-0.4, -0.2) is 39.9 Å². The molecule has 1 atom stereocenters. The van der Waals surface area contributed by atoms with Gasteiger partial charge in [0.25, 0.3) is 0 Å². The molecule has 162 valence electrons. The van der Waals surface area contributed by atoms with Gasteiger partial charge >= 0.3 is 0 Å². The third-order valence-electron chi connectivity index (χ3n) is 5.11. The molecular weight excluding hydrogens is 436 g/mol. The highest BCUT2D eigenvalue weighted by molar-refractivity contribution is 7.99. The second-order valence-corrected chi connectivity index (χ2v) is 8.85. The van der Waals surface area contributed by atoms with Crippen molar-refractivity contribution in [1.82, 2.24) is 15.3 Å². The maximum absolute atomic E-state index is 12.0. The van der Waals surface area contributed by atoms with Crippen molar-refractivity contribution in [3.63, 3.8) is 0 Å². The number of aliphatic hydroxyl groups excluding tert-OH is 1. The molecule has 7 nitrogen and oxygen atoms in total. The number of ether oxygens (including phenoxy) is 1. The molecule has 0 aliphatic carbocycles. The number of thioether (sulfide) groups is 1.